The summed E-state index contributed by atoms with van der Waals surface area (Å²) in [5.74, 6) is 1.69. The van der Waals surface area contributed by atoms with Crippen molar-refractivity contribution in [3.8, 4) is 11.4 Å². The quantitative estimate of drug-likeness (QED) is 0.247. The first kappa shape index (κ1) is 30.5. The van der Waals surface area contributed by atoms with Crippen molar-refractivity contribution in [3.63, 3.8) is 0 Å². The molecule has 6 heteroatoms. The van der Waals surface area contributed by atoms with Crippen LogP contribution in [0.3, 0.4) is 0 Å². The topological polar surface area (TPSA) is 9.86 Å². The monoisotopic (exact) mass is 612 g/mol. The van der Waals surface area contributed by atoms with Crippen LogP contribution in [-0.2, 0) is 47.7 Å². The van der Waals surface area contributed by atoms with Crippen LogP contribution in [0.2, 0.25) is 0 Å². The fourth-order valence-corrected chi connectivity index (χ4v) is 5.29. The van der Waals surface area contributed by atoms with Gasteiger partial charge in [-0.05, 0) is 0 Å². The number of benzene rings is 2. The van der Waals surface area contributed by atoms with Crippen LogP contribution in [0, 0.1) is 4.32 Å². The molecule has 0 saturated heterocycles. The van der Waals surface area contributed by atoms with E-state index < -0.39 is 0 Å². The summed E-state index contributed by atoms with van der Waals surface area (Å²) in [4.78, 5) is 0. The Morgan fingerprint density at radius 2 is 0.848 bits per heavy atom. The SMILES string of the molecule is CC(C)c1cccc(C(C)C)c1-n1ccn(-c2c(C(C)C)cccc2C(C)C)[c]1=[Cu-2][Cl].[Cu+].[Cu+]. The zero-order chi connectivity index (χ0) is 22.9. The van der Waals surface area contributed by atoms with Crippen LogP contribution in [0.5, 0.6) is 0 Å². The minimum atomic E-state index is 0. The predicted molar refractivity (Wildman–Crippen MR) is 131 cm³/mol. The van der Waals surface area contributed by atoms with Gasteiger partial charge >= 0.3 is 233 Å². The number of imidazole rings is 1. The Hall–Kier alpha value is -0.502. The Morgan fingerprint density at radius 1 is 0.576 bits per heavy atom. The van der Waals surface area contributed by atoms with E-state index in [0.717, 1.165) is 4.32 Å². The Kier molecular flexibility index (Phi) is 12.0. The first-order valence-corrected chi connectivity index (χ1v) is 13.0. The van der Waals surface area contributed by atoms with Crippen LogP contribution < -0.4 is 0 Å². The van der Waals surface area contributed by atoms with E-state index in [4.69, 9.17) is 10.1 Å². The molecule has 0 fully saturated rings. The van der Waals surface area contributed by atoms with E-state index in [9.17, 15) is 0 Å². The van der Waals surface area contributed by atoms with E-state index in [2.05, 4.69) is 113 Å². The molecule has 3 aromatic rings. The first-order valence-electron chi connectivity index (χ1n) is 11.3. The van der Waals surface area contributed by atoms with Crippen molar-refractivity contribution in [2.45, 2.75) is 79.1 Å². The minimum Gasteiger partial charge on any atom is 1.00 e. The fraction of sp³-hybridized carbons (Fsp3) is 0.444. The van der Waals surface area contributed by atoms with Crippen molar-refractivity contribution in [2.24, 2.45) is 0 Å². The summed E-state index contributed by atoms with van der Waals surface area (Å²) in [6, 6.07) is 13.4. The molecule has 0 aliphatic carbocycles. The van der Waals surface area contributed by atoms with Crippen LogP contribution >= 0.6 is 10.1 Å². The van der Waals surface area contributed by atoms with Gasteiger partial charge in [-0.3, -0.25) is 0 Å². The third-order valence-corrected chi connectivity index (χ3v) is 6.98. The zero-order valence-electron chi connectivity index (χ0n) is 20.6. The Bertz CT molecular complexity index is 988. The molecule has 0 atom stereocenters. The van der Waals surface area contributed by atoms with Crippen molar-refractivity contribution < 1.29 is 47.7 Å². The van der Waals surface area contributed by atoms with Crippen LogP contribution in [-0.4, -0.2) is 9.13 Å². The molecule has 194 valence electrons. The van der Waals surface area contributed by atoms with Crippen molar-refractivity contribution in [1.82, 2.24) is 9.13 Å². The second-order valence-corrected chi connectivity index (χ2v) is 10.6. The summed E-state index contributed by atoms with van der Waals surface area (Å²) in [5, 5.41) is 0. The van der Waals surface area contributed by atoms with Crippen molar-refractivity contribution in [2.75, 3.05) is 0 Å². The Labute approximate surface area is 231 Å². The van der Waals surface area contributed by atoms with Crippen molar-refractivity contribution >= 4 is 10.1 Å². The van der Waals surface area contributed by atoms with Gasteiger partial charge in [0.15, 0.2) is 0 Å². The van der Waals surface area contributed by atoms with E-state index in [0.29, 0.717) is 23.7 Å². The summed E-state index contributed by atoms with van der Waals surface area (Å²) in [5.41, 5.74) is 7.92. The number of hydrogen-bond acceptors (Lipinski definition) is 0. The Balaban J connectivity index is 0.00000272. The summed E-state index contributed by atoms with van der Waals surface area (Å²) in [7, 11) is 6.57. The van der Waals surface area contributed by atoms with Gasteiger partial charge in [0.2, 0.25) is 0 Å². The third kappa shape index (κ3) is 6.20. The predicted octanol–water partition coefficient (Wildman–Crippen LogP) is 8.52. The van der Waals surface area contributed by atoms with Gasteiger partial charge in [0.05, 0.1) is 0 Å². The molecule has 0 spiro atoms. The second kappa shape index (κ2) is 13.0. The minimum absolute atomic E-state index is 0. The zero-order valence-corrected chi connectivity index (χ0v) is 24.2. The smallest absolute Gasteiger partial charge is 1.00 e. The molecule has 0 amide bonds. The van der Waals surface area contributed by atoms with Gasteiger partial charge in [-0.2, -0.15) is 0 Å². The molecule has 1 heterocycles. The molecule has 0 unspecified atom stereocenters. The van der Waals surface area contributed by atoms with E-state index in [-0.39, 0.29) is 34.1 Å². The van der Waals surface area contributed by atoms with Gasteiger partial charge in [0.1, 0.15) is 0 Å². The average molecular weight is 615 g/mol. The van der Waals surface area contributed by atoms with Gasteiger partial charge in [0, 0.05) is 0 Å². The fourth-order valence-electron chi connectivity index (χ4n) is 4.31. The molecule has 3 rings (SSSR count). The van der Waals surface area contributed by atoms with Crippen molar-refractivity contribution in [3.05, 3.63) is 75.4 Å². The average Bonchev–Trinajstić information content (AvgIpc) is 3.15. The normalized spacial score (nSPS) is 11.4. The molecule has 2 nitrogen and oxygen atoms in total. The summed E-state index contributed by atoms with van der Waals surface area (Å²) in [6.07, 6.45) is 4.35. The number of hydrogen-bond donors (Lipinski definition) is 0. The van der Waals surface area contributed by atoms with Gasteiger partial charge in [-0.25, -0.2) is 0 Å². The maximum absolute atomic E-state index is 6.57. The summed E-state index contributed by atoms with van der Waals surface area (Å²) >= 11 is 1.40. The molecule has 0 bridgehead atoms. The first-order chi connectivity index (χ1) is 14.7. The molecule has 1 aromatic heterocycles. The Morgan fingerprint density at radius 3 is 1.06 bits per heavy atom. The van der Waals surface area contributed by atoms with Crippen molar-refractivity contribution in [1.29, 1.82) is 0 Å². The largest absolute Gasteiger partial charge is 1.00 e. The maximum atomic E-state index is 6.57. The van der Waals surface area contributed by atoms with Gasteiger partial charge in [0.25, 0.3) is 0 Å². The number of nitrogens with zero attached hydrogens (tertiary/aromatic N) is 2. The molecule has 33 heavy (non-hydrogen) atoms. The molecule has 0 aliphatic rings. The van der Waals surface area contributed by atoms with Crippen LogP contribution in [0.25, 0.3) is 11.4 Å². The number of rotatable bonds is 6. The standard InChI is InChI=1S/C27H36N2.ClH.3Cu/c1-18(2)22-11-9-12-23(19(3)4)26(22)28-15-16-29(17-28)27-24(20(5)6)13-10-14-25(27)21(7)8;;;;/h9-16,18-21H,1-8H3;1H;;;/q;;-1;2*+1/p-1. The van der Waals surface area contributed by atoms with E-state index in [1.54, 1.807) is 0 Å². The number of aromatic nitrogens is 2. The molecular weight excluding hydrogens is 578 g/mol. The van der Waals surface area contributed by atoms with E-state index >= 15 is 0 Å². The second-order valence-electron chi connectivity index (χ2n) is 9.52. The summed E-state index contributed by atoms with van der Waals surface area (Å²) in [6.45, 7) is 18.1. The van der Waals surface area contributed by atoms with Gasteiger partial charge in [-0.15, -0.1) is 0 Å². The van der Waals surface area contributed by atoms with Gasteiger partial charge in [-0.1, -0.05) is 0 Å². The van der Waals surface area contributed by atoms with Crippen LogP contribution in [0.15, 0.2) is 48.8 Å². The molecule has 0 N–H and O–H groups in total. The number of halogens is 1. The maximum Gasteiger partial charge on any atom is 1.00 e. The molecule has 0 saturated carbocycles. The number of para-hydroxylation sites is 2. The van der Waals surface area contributed by atoms with Crippen LogP contribution in [0.4, 0.5) is 0 Å². The summed E-state index contributed by atoms with van der Waals surface area (Å²) < 4.78 is 5.59. The van der Waals surface area contributed by atoms with Crippen LogP contribution in [0.1, 0.15) is 101 Å². The van der Waals surface area contributed by atoms with E-state index in [1.165, 1.54) is 47.2 Å². The molecule has 0 radical (unpaired) electrons. The molecular formula is C27H36ClCu3N2. The van der Waals surface area contributed by atoms with Gasteiger partial charge < -0.3 is 0 Å². The molecule has 0 aliphatic heterocycles. The third-order valence-electron chi connectivity index (χ3n) is 5.94. The van der Waals surface area contributed by atoms with E-state index in [1.807, 2.05) is 0 Å². The molecule has 2 aromatic carbocycles.